The van der Waals surface area contributed by atoms with Gasteiger partial charge in [0.1, 0.15) is 73.8 Å². The molecule has 16 atom stereocenters. The molecule has 3 unspecified atom stereocenters. The summed E-state index contributed by atoms with van der Waals surface area (Å²) in [7, 11) is 0. The first-order valence-electron chi connectivity index (χ1n) is 24.6. The topological polar surface area (TPSA) is 359 Å². The standard InChI is InChI=1S/C26H40N2O12.C14H16N2O8.C6H10O4/c1-13(2)25(31)27-7-5-19(29)38-16-10-34-23-17(11-35-22(16)23)39-20(30)6-8-28-26(32)40-18-12-36-21-15(37-14(3)4)9-33-24(18)21;15-7-20-4-2-12(19)24-10-6-22-13-9(5-21-14(10)13)23-11(18)1-3-16-8-17;7-3-1-9-6-4(8)2-10-5(3)6/h13-18,21-24H,5-12H2,1-4H3,(H,27,31)(H,28,32);9-10,13-14H,1-6H2;3-8H,1-2H2/t15?,16-,17?,18?,21-,22-,23-,24-;9-,10+,13+,14+;3-,4+,5-,6-/m101/s1. The van der Waals surface area contributed by atoms with Crippen LogP contribution in [0.4, 0.5) is 4.79 Å². The molecular formula is C46H66N4O24. The Morgan fingerprint density at radius 3 is 1.34 bits per heavy atom. The van der Waals surface area contributed by atoms with Crippen molar-refractivity contribution in [2.45, 2.75) is 157 Å². The SMILES string of the molecule is CC(C)OC1CO[C@@H]2C(OC(=O)NCCC(=O)OC3CO[C@H]4[C@@H]3OC[C@H]4OC(=O)CCNC(=O)C(C)C)CO[C@H]12.N#COCCC(=O)O[C@@H]1CO[C@H]2[C@@H]1OC[C@@H]2OC(=O)CCN=C=O.O[C@@H]1CO[C@H]2[C@@H]1OC[C@@H]2O. The molecule has 28 heteroatoms. The fourth-order valence-electron chi connectivity index (χ4n) is 8.94. The van der Waals surface area contributed by atoms with Gasteiger partial charge in [0.25, 0.3) is 6.26 Å². The quantitative estimate of drug-likeness (QED) is 0.0246. The molecular weight excluding hydrogens is 993 g/mol. The molecule has 8 fully saturated rings. The second-order valence-electron chi connectivity index (χ2n) is 18.6. The van der Waals surface area contributed by atoms with E-state index in [0.29, 0.717) is 6.61 Å². The molecule has 8 saturated heterocycles. The zero-order valence-corrected chi connectivity index (χ0v) is 41.5. The summed E-state index contributed by atoms with van der Waals surface area (Å²) in [5.41, 5.74) is 0. The maximum atomic E-state index is 12.4. The molecule has 414 valence electrons. The predicted octanol–water partition coefficient (Wildman–Crippen LogP) is -2.43. The van der Waals surface area contributed by atoms with Crippen molar-refractivity contribution in [2.75, 3.05) is 79.1 Å². The normalized spacial score (nSPS) is 33.7. The Balaban J connectivity index is 0.000000219. The van der Waals surface area contributed by atoms with Crippen molar-refractivity contribution < 1.29 is 115 Å². The lowest BCUT2D eigenvalue weighted by Crippen LogP contribution is -2.39. The Kier molecular flexibility index (Phi) is 22.5. The van der Waals surface area contributed by atoms with Gasteiger partial charge in [-0.05, 0) is 13.8 Å². The fraction of sp³-hybridized carbons (Fsp3) is 0.826. The molecule has 74 heavy (non-hydrogen) atoms. The van der Waals surface area contributed by atoms with E-state index in [2.05, 4.69) is 20.4 Å². The van der Waals surface area contributed by atoms with Crippen molar-refractivity contribution in [3.05, 3.63) is 0 Å². The Bertz CT molecular complexity index is 1970. The molecule has 8 aliphatic heterocycles. The number of carbonyl (C=O) groups excluding carboxylic acids is 7. The van der Waals surface area contributed by atoms with Gasteiger partial charge in [-0.1, -0.05) is 13.8 Å². The van der Waals surface area contributed by atoms with E-state index >= 15 is 0 Å². The van der Waals surface area contributed by atoms with Crippen molar-refractivity contribution in [3.63, 3.8) is 0 Å². The number of amides is 2. The molecule has 2 amide bonds. The van der Waals surface area contributed by atoms with Crippen LogP contribution in [0.25, 0.3) is 0 Å². The largest absolute Gasteiger partial charge is 0.457 e. The van der Waals surface area contributed by atoms with Gasteiger partial charge in [0.2, 0.25) is 12.0 Å². The van der Waals surface area contributed by atoms with Crippen LogP contribution in [0, 0.1) is 17.4 Å². The summed E-state index contributed by atoms with van der Waals surface area (Å²) < 4.78 is 81.0. The van der Waals surface area contributed by atoms with Gasteiger partial charge in [-0.15, -0.1) is 0 Å². The minimum absolute atomic E-state index is 0.00932. The third-order valence-electron chi connectivity index (χ3n) is 12.4. The monoisotopic (exact) mass is 1060 g/mol. The highest BCUT2D eigenvalue weighted by Crippen LogP contribution is 2.34. The number of aliphatic hydroxyl groups excluding tert-OH is 2. The maximum Gasteiger partial charge on any atom is 0.407 e. The number of aliphatic imine (C=N–C) groups is 1. The number of nitriles is 1. The van der Waals surface area contributed by atoms with Crippen LogP contribution in [0.2, 0.25) is 0 Å². The first-order chi connectivity index (χ1) is 35.6. The van der Waals surface area contributed by atoms with Crippen LogP contribution >= 0.6 is 0 Å². The lowest BCUT2D eigenvalue weighted by atomic mass is 10.1. The van der Waals surface area contributed by atoms with Gasteiger partial charge in [0.05, 0.1) is 91.2 Å². The summed E-state index contributed by atoms with van der Waals surface area (Å²) in [6.07, 6.45) is -5.82. The third-order valence-corrected chi connectivity index (χ3v) is 12.4. The number of rotatable bonds is 20. The summed E-state index contributed by atoms with van der Waals surface area (Å²) in [5.74, 6) is -2.40. The van der Waals surface area contributed by atoms with Gasteiger partial charge < -0.3 is 91.9 Å². The number of hydrogen-bond donors (Lipinski definition) is 4. The highest BCUT2D eigenvalue weighted by molar-refractivity contribution is 5.78. The Morgan fingerprint density at radius 1 is 0.541 bits per heavy atom. The molecule has 0 bridgehead atoms. The number of alkyl carbamates (subject to hydrolysis) is 1. The minimum atomic E-state index is -0.685. The number of hydrogen-bond acceptors (Lipinski definition) is 26. The van der Waals surface area contributed by atoms with Crippen LogP contribution in [0.5, 0.6) is 0 Å². The first kappa shape index (κ1) is 58.1. The van der Waals surface area contributed by atoms with Crippen molar-refractivity contribution >= 4 is 42.0 Å². The molecule has 0 aromatic carbocycles. The maximum absolute atomic E-state index is 12.4. The molecule has 8 heterocycles. The minimum Gasteiger partial charge on any atom is -0.457 e. The molecule has 0 saturated carbocycles. The van der Waals surface area contributed by atoms with Crippen LogP contribution in [0.1, 0.15) is 53.4 Å². The van der Waals surface area contributed by atoms with Crippen LogP contribution in [0.3, 0.4) is 0 Å². The summed E-state index contributed by atoms with van der Waals surface area (Å²) >= 11 is 0. The number of aliphatic hydroxyl groups is 2. The van der Waals surface area contributed by atoms with Gasteiger partial charge in [0.15, 0.2) is 30.5 Å². The lowest BCUT2D eigenvalue weighted by Gasteiger charge is -2.19. The molecule has 0 aromatic rings. The Hall–Kier alpha value is -5.15. The second kappa shape index (κ2) is 28.7. The van der Waals surface area contributed by atoms with E-state index in [1.165, 1.54) is 12.3 Å². The van der Waals surface area contributed by atoms with Crippen molar-refractivity contribution in [1.82, 2.24) is 10.6 Å². The average molecular weight is 1060 g/mol. The summed E-state index contributed by atoms with van der Waals surface area (Å²) in [6, 6.07) is 0. The van der Waals surface area contributed by atoms with Crippen LogP contribution in [-0.2, 0) is 99.8 Å². The number of nitrogens with zero attached hydrogens (tertiary/aromatic N) is 2. The number of nitrogens with one attached hydrogen (secondary N) is 2. The van der Waals surface area contributed by atoms with Gasteiger partial charge in [-0.25, -0.2) is 14.6 Å². The predicted molar refractivity (Wildman–Crippen MR) is 239 cm³/mol. The highest BCUT2D eigenvalue weighted by Gasteiger charge is 2.53. The second-order valence-corrected chi connectivity index (χ2v) is 18.6. The summed E-state index contributed by atoms with van der Waals surface area (Å²) in [6.45, 7) is 9.15. The van der Waals surface area contributed by atoms with Gasteiger partial charge in [-0.3, -0.25) is 24.0 Å². The molecule has 28 nitrogen and oxygen atoms in total. The van der Waals surface area contributed by atoms with Crippen LogP contribution < -0.4 is 10.6 Å². The van der Waals surface area contributed by atoms with Crippen LogP contribution in [0.15, 0.2) is 4.99 Å². The third kappa shape index (κ3) is 16.4. The molecule has 0 aromatic heterocycles. The fourth-order valence-corrected chi connectivity index (χ4v) is 8.94. The number of isocyanates is 1. The van der Waals surface area contributed by atoms with E-state index in [9.17, 15) is 33.6 Å². The Morgan fingerprint density at radius 2 is 0.919 bits per heavy atom. The van der Waals surface area contributed by atoms with E-state index in [0.717, 1.165) is 0 Å². The van der Waals surface area contributed by atoms with E-state index in [4.69, 9.17) is 81.8 Å². The van der Waals surface area contributed by atoms with Crippen molar-refractivity contribution in [1.29, 1.82) is 5.26 Å². The highest BCUT2D eigenvalue weighted by atomic mass is 16.7. The molecule has 8 aliphatic rings. The zero-order chi connectivity index (χ0) is 53.3. The molecule has 8 rings (SSSR count). The van der Waals surface area contributed by atoms with Crippen molar-refractivity contribution in [3.8, 4) is 6.26 Å². The smallest absolute Gasteiger partial charge is 0.407 e. The Labute approximate surface area is 425 Å². The molecule has 0 radical (unpaired) electrons. The van der Waals surface area contributed by atoms with E-state index in [1.54, 1.807) is 13.8 Å². The molecule has 0 aliphatic carbocycles. The van der Waals surface area contributed by atoms with Gasteiger partial charge in [0, 0.05) is 19.0 Å². The van der Waals surface area contributed by atoms with E-state index < -0.39 is 103 Å². The van der Waals surface area contributed by atoms with Crippen LogP contribution in [-0.4, -0.2) is 235 Å². The van der Waals surface area contributed by atoms with Crippen molar-refractivity contribution in [2.24, 2.45) is 10.9 Å². The van der Waals surface area contributed by atoms with E-state index in [-0.39, 0.29) is 141 Å². The van der Waals surface area contributed by atoms with Gasteiger partial charge >= 0.3 is 30.0 Å². The average Bonchev–Trinajstić information content (AvgIpc) is 4.24. The lowest BCUT2D eigenvalue weighted by molar-refractivity contribution is -0.157. The van der Waals surface area contributed by atoms with E-state index in [1.807, 2.05) is 13.8 Å². The molecule has 4 N–H and O–H groups in total. The number of esters is 4. The number of ether oxygens (including phenoxy) is 15. The molecule has 0 spiro atoms. The summed E-state index contributed by atoms with van der Waals surface area (Å²) in [4.78, 5) is 84.8. The summed E-state index contributed by atoms with van der Waals surface area (Å²) in [5, 5.41) is 31.7. The number of fused-ring (bicyclic) bond motifs is 4. The zero-order valence-electron chi connectivity index (χ0n) is 41.5. The van der Waals surface area contributed by atoms with Gasteiger partial charge in [-0.2, -0.15) is 5.26 Å². The first-order valence-corrected chi connectivity index (χ1v) is 24.6. The number of carbonyl (C=O) groups is 6.